The fourth-order valence-electron chi connectivity index (χ4n) is 1.79. The number of aryl methyl sites for hydroxylation is 1. The smallest absolute Gasteiger partial charge is 0.246 e. The molecule has 0 bridgehead atoms. The van der Waals surface area contributed by atoms with Crippen LogP contribution in [0.2, 0.25) is 5.15 Å². The van der Waals surface area contributed by atoms with Gasteiger partial charge in [0, 0.05) is 6.54 Å². The Balaban J connectivity index is 2.25. The molecule has 1 aromatic heterocycles. The van der Waals surface area contributed by atoms with Crippen LogP contribution in [0.25, 0.3) is 0 Å². The Kier molecular flexibility index (Phi) is 3.02. The number of nitrogens with zero attached hydrogens (tertiary/aromatic N) is 4. The molecule has 82 valence electrons. The molecule has 0 unspecified atom stereocenters. The number of aromatic nitrogens is 3. The van der Waals surface area contributed by atoms with E-state index in [4.69, 9.17) is 11.6 Å². The Hall–Kier alpha value is -0.940. The van der Waals surface area contributed by atoms with E-state index < -0.39 is 0 Å². The van der Waals surface area contributed by atoms with Gasteiger partial charge >= 0.3 is 0 Å². The van der Waals surface area contributed by atoms with Crippen molar-refractivity contribution in [1.82, 2.24) is 15.2 Å². The molecular formula is C9H13ClN4O. The molecule has 0 saturated carbocycles. The van der Waals surface area contributed by atoms with Crippen LogP contribution in [-0.2, 0) is 0 Å². The SMILES string of the molecule is Cc1nc(N2CCC[C@H]2CO)nnc1Cl. The van der Waals surface area contributed by atoms with Crippen LogP contribution in [-0.4, -0.2) is 39.5 Å². The van der Waals surface area contributed by atoms with Crippen LogP contribution in [0.15, 0.2) is 0 Å². The summed E-state index contributed by atoms with van der Waals surface area (Å²) in [6.45, 7) is 2.80. The Morgan fingerprint density at radius 1 is 1.53 bits per heavy atom. The van der Waals surface area contributed by atoms with Crippen LogP contribution < -0.4 is 4.90 Å². The molecule has 1 saturated heterocycles. The van der Waals surface area contributed by atoms with Gasteiger partial charge < -0.3 is 10.0 Å². The summed E-state index contributed by atoms with van der Waals surface area (Å²) in [5.41, 5.74) is 0.672. The van der Waals surface area contributed by atoms with Crippen LogP contribution in [0.1, 0.15) is 18.5 Å². The fraction of sp³-hybridized carbons (Fsp3) is 0.667. The molecule has 1 aromatic rings. The van der Waals surface area contributed by atoms with Crippen molar-refractivity contribution in [3.8, 4) is 0 Å². The maximum atomic E-state index is 9.18. The van der Waals surface area contributed by atoms with Crippen molar-refractivity contribution >= 4 is 17.5 Å². The third-order valence-corrected chi connectivity index (χ3v) is 2.99. The maximum Gasteiger partial charge on any atom is 0.246 e. The molecule has 2 rings (SSSR count). The Morgan fingerprint density at radius 2 is 2.33 bits per heavy atom. The van der Waals surface area contributed by atoms with E-state index in [1.165, 1.54) is 0 Å². The summed E-state index contributed by atoms with van der Waals surface area (Å²) in [6.07, 6.45) is 2.03. The van der Waals surface area contributed by atoms with E-state index in [-0.39, 0.29) is 12.6 Å². The second kappa shape index (κ2) is 4.28. The van der Waals surface area contributed by atoms with Crippen LogP contribution in [0.5, 0.6) is 0 Å². The molecule has 0 radical (unpaired) electrons. The van der Waals surface area contributed by atoms with Gasteiger partial charge in [-0.2, -0.15) is 0 Å². The van der Waals surface area contributed by atoms with Gasteiger partial charge in [-0.25, -0.2) is 4.98 Å². The number of aliphatic hydroxyl groups is 1. The number of hydrogen-bond acceptors (Lipinski definition) is 5. The number of anilines is 1. The van der Waals surface area contributed by atoms with Gasteiger partial charge in [-0.05, 0) is 19.8 Å². The summed E-state index contributed by atoms with van der Waals surface area (Å²) in [5.74, 6) is 0.563. The minimum absolute atomic E-state index is 0.118. The van der Waals surface area contributed by atoms with Crippen molar-refractivity contribution in [2.24, 2.45) is 0 Å². The minimum Gasteiger partial charge on any atom is -0.394 e. The Bertz CT molecular complexity index is 360. The molecule has 1 atom stereocenters. The molecule has 5 nitrogen and oxygen atoms in total. The molecule has 0 spiro atoms. The third kappa shape index (κ3) is 2.03. The van der Waals surface area contributed by atoms with E-state index in [0.29, 0.717) is 16.8 Å². The highest BCUT2D eigenvalue weighted by Crippen LogP contribution is 2.22. The highest BCUT2D eigenvalue weighted by atomic mass is 35.5. The second-order valence-corrected chi connectivity index (χ2v) is 4.02. The normalized spacial score (nSPS) is 21.0. The summed E-state index contributed by atoms with van der Waals surface area (Å²) in [5, 5.41) is 17.3. The zero-order chi connectivity index (χ0) is 10.8. The predicted octanol–water partition coefficient (Wildman–Crippen LogP) is 0.795. The van der Waals surface area contributed by atoms with Gasteiger partial charge in [-0.3, -0.25) is 0 Å². The van der Waals surface area contributed by atoms with Crippen molar-refractivity contribution < 1.29 is 5.11 Å². The summed E-state index contributed by atoms with van der Waals surface area (Å²) in [7, 11) is 0. The van der Waals surface area contributed by atoms with Gasteiger partial charge in [0.1, 0.15) is 0 Å². The molecule has 1 N–H and O–H groups in total. The molecule has 6 heteroatoms. The first-order valence-electron chi connectivity index (χ1n) is 4.96. The van der Waals surface area contributed by atoms with Crippen molar-refractivity contribution in [1.29, 1.82) is 0 Å². The topological polar surface area (TPSA) is 62.1 Å². The highest BCUT2D eigenvalue weighted by molar-refractivity contribution is 6.29. The molecule has 0 aromatic carbocycles. The average Bonchev–Trinajstić information content (AvgIpc) is 2.70. The Labute approximate surface area is 93.1 Å². The van der Waals surface area contributed by atoms with Gasteiger partial charge in [-0.15, -0.1) is 10.2 Å². The molecule has 15 heavy (non-hydrogen) atoms. The zero-order valence-electron chi connectivity index (χ0n) is 8.52. The largest absolute Gasteiger partial charge is 0.394 e. The van der Waals surface area contributed by atoms with Crippen molar-refractivity contribution in [3.05, 3.63) is 10.8 Å². The van der Waals surface area contributed by atoms with E-state index >= 15 is 0 Å². The number of rotatable bonds is 2. The minimum atomic E-state index is 0.118. The molecule has 1 fully saturated rings. The lowest BCUT2D eigenvalue weighted by atomic mass is 10.2. The van der Waals surface area contributed by atoms with Gasteiger partial charge in [0.15, 0.2) is 5.15 Å². The van der Waals surface area contributed by atoms with Gasteiger partial charge in [-0.1, -0.05) is 11.6 Å². The first-order chi connectivity index (χ1) is 7.22. The molecule has 2 heterocycles. The number of halogens is 1. The first-order valence-corrected chi connectivity index (χ1v) is 5.34. The van der Waals surface area contributed by atoms with E-state index in [9.17, 15) is 5.11 Å². The third-order valence-electron chi connectivity index (χ3n) is 2.64. The van der Waals surface area contributed by atoms with Crippen molar-refractivity contribution in [2.75, 3.05) is 18.1 Å². The van der Waals surface area contributed by atoms with Crippen LogP contribution in [0, 0.1) is 6.92 Å². The molecule has 1 aliphatic heterocycles. The monoisotopic (exact) mass is 228 g/mol. The molecular weight excluding hydrogens is 216 g/mol. The van der Waals surface area contributed by atoms with Gasteiger partial charge in [0.05, 0.1) is 18.3 Å². The summed E-state index contributed by atoms with van der Waals surface area (Å²) >= 11 is 5.75. The van der Waals surface area contributed by atoms with Crippen molar-refractivity contribution in [2.45, 2.75) is 25.8 Å². The summed E-state index contributed by atoms with van der Waals surface area (Å²) in [6, 6.07) is 0.118. The Morgan fingerprint density at radius 3 is 3.00 bits per heavy atom. The van der Waals surface area contributed by atoms with Crippen molar-refractivity contribution in [3.63, 3.8) is 0 Å². The van der Waals surface area contributed by atoms with Crippen LogP contribution in [0.3, 0.4) is 0 Å². The predicted molar refractivity (Wildman–Crippen MR) is 57.0 cm³/mol. The lowest BCUT2D eigenvalue weighted by Crippen LogP contribution is -2.33. The average molecular weight is 229 g/mol. The summed E-state index contributed by atoms with van der Waals surface area (Å²) < 4.78 is 0. The van der Waals surface area contributed by atoms with Gasteiger partial charge in [0.25, 0.3) is 0 Å². The summed E-state index contributed by atoms with van der Waals surface area (Å²) in [4.78, 5) is 6.24. The second-order valence-electron chi connectivity index (χ2n) is 3.66. The van der Waals surface area contributed by atoms with E-state index in [0.717, 1.165) is 19.4 Å². The van der Waals surface area contributed by atoms with Crippen LogP contribution in [0.4, 0.5) is 5.95 Å². The first kappa shape index (κ1) is 10.6. The van der Waals surface area contributed by atoms with Gasteiger partial charge in [0.2, 0.25) is 5.95 Å². The van der Waals surface area contributed by atoms with E-state index in [1.54, 1.807) is 6.92 Å². The number of hydrogen-bond donors (Lipinski definition) is 1. The quantitative estimate of drug-likeness (QED) is 0.811. The maximum absolute atomic E-state index is 9.18. The van der Waals surface area contributed by atoms with Crippen LogP contribution >= 0.6 is 11.6 Å². The fourth-order valence-corrected chi connectivity index (χ4v) is 1.87. The number of aliphatic hydroxyl groups excluding tert-OH is 1. The molecule has 0 aliphatic carbocycles. The standard InChI is InChI=1S/C9H13ClN4O/c1-6-8(10)12-13-9(11-6)14-4-2-3-7(14)5-15/h7,15H,2-5H2,1H3/t7-/m0/s1. The van der Waals surface area contributed by atoms with E-state index in [2.05, 4.69) is 15.2 Å². The zero-order valence-corrected chi connectivity index (χ0v) is 9.28. The van der Waals surface area contributed by atoms with E-state index in [1.807, 2.05) is 4.90 Å². The lowest BCUT2D eigenvalue weighted by Gasteiger charge is -2.22. The lowest BCUT2D eigenvalue weighted by molar-refractivity contribution is 0.265. The molecule has 0 amide bonds. The molecule has 1 aliphatic rings. The highest BCUT2D eigenvalue weighted by Gasteiger charge is 2.26.